The molecule has 3 aliphatic rings. The van der Waals surface area contributed by atoms with Gasteiger partial charge in [0.05, 0.1) is 0 Å². The minimum Gasteiger partial charge on any atom is -0.445 e. The summed E-state index contributed by atoms with van der Waals surface area (Å²) in [6, 6.07) is 16.7. The Bertz CT molecular complexity index is 1170. The van der Waals surface area contributed by atoms with Gasteiger partial charge < -0.3 is 19.3 Å². The highest BCUT2D eigenvalue weighted by molar-refractivity contribution is 5.73. The lowest BCUT2D eigenvalue weighted by atomic mass is 9.76. The third-order valence-corrected chi connectivity index (χ3v) is 7.86. The van der Waals surface area contributed by atoms with E-state index in [2.05, 4.69) is 24.3 Å². The van der Waals surface area contributed by atoms with Crippen molar-refractivity contribution in [1.82, 2.24) is 9.80 Å². The Morgan fingerprint density at radius 1 is 0.892 bits per heavy atom. The zero-order valence-corrected chi connectivity index (χ0v) is 22.3. The summed E-state index contributed by atoms with van der Waals surface area (Å²) in [5, 5.41) is 0. The van der Waals surface area contributed by atoms with E-state index in [9.17, 15) is 9.59 Å². The van der Waals surface area contributed by atoms with E-state index in [4.69, 9.17) is 9.47 Å². The molecule has 0 atom stereocenters. The molecule has 1 saturated heterocycles. The van der Waals surface area contributed by atoms with Crippen LogP contribution in [-0.2, 0) is 28.9 Å². The lowest BCUT2D eigenvalue weighted by molar-refractivity contribution is 0.0111. The topological polar surface area (TPSA) is 59.1 Å². The maximum absolute atomic E-state index is 12.5. The molecule has 2 amide bonds. The van der Waals surface area contributed by atoms with Gasteiger partial charge in [-0.2, -0.15) is 0 Å². The van der Waals surface area contributed by atoms with E-state index in [1.807, 2.05) is 56.0 Å². The summed E-state index contributed by atoms with van der Waals surface area (Å²) in [5.74, 6) is 0. The van der Waals surface area contributed by atoms with Crippen LogP contribution in [0.3, 0.4) is 0 Å². The van der Waals surface area contributed by atoms with E-state index in [-0.39, 0.29) is 17.6 Å². The van der Waals surface area contributed by atoms with Crippen LogP contribution < -0.4 is 0 Å². The molecule has 0 saturated carbocycles. The second-order valence-electron chi connectivity index (χ2n) is 11.8. The van der Waals surface area contributed by atoms with Crippen LogP contribution in [0.25, 0.3) is 5.57 Å². The standard InChI is InChI=1S/C31H38N2O4/c1-30(2,3)37-29(35)33-17-13-31(14-18-33)20-26-10-9-25(19-27(26)21-31)24-11-15-32(16-12-24)28(34)36-22-23-7-5-4-6-8-23/h4-11,19H,12-18,20-22H2,1-3H3. The Balaban J connectivity index is 1.16. The van der Waals surface area contributed by atoms with Crippen LogP contribution in [0.2, 0.25) is 0 Å². The lowest BCUT2D eigenvalue weighted by Crippen LogP contribution is -2.45. The summed E-state index contributed by atoms with van der Waals surface area (Å²) in [6.45, 7) is 8.81. The van der Waals surface area contributed by atoms with Crippen LogP contribution in [0.1, 0.15) is 62.3 Å². The summed E-state index contributed by atoms with van der Waals surface area (Å²) in [7, 11) is 0. The summed E-state index contributed by atoms with van der Waals surface area (Å²) in [5.41, 5.74) is 6.23. The number of hydrogen-bond donors (Lipinski definition) is 0. The number of amides is 2. The van der Waals surface area contributed by atoms with Crippen LogP contribution in [0, 0.1) is 5.41 Å². The van der Waals surface area contributed by atoms with E-state index in [1.165, 1.54) is 22.3 Å². The SMILES string of the molecule is CC(C)(C)OC(=O)N1CCC2(CC1)Cc1ccc(C3=CCN(C(=O)OCc4ccccc4)CC3)cc1C2. The van der Waals surface area contributed by atoms with Gasteiger partial charge in [0.15, 0.2) is 0 Å². The van der Waals surface area contributed by atoms with Crippen LogP contribution in [-0.4, -0.2) is 53.8 Å². The Hall–Kier alpha value is -3.28. The highest BCUT2D eigenvalue weighted by atomic mass is 16.6. The summed E-state index contributed by atoms with van der Waals surface area (Å²) in [6.07, 6.45) is 6.73. The molecule has 1 aliphatic carbocycles. The molecule has 0 N–H and O–H groups in total. The van der Waals surface area contributed by atoms with Crippen LogP contribution in [0.5, 0.6) is 0 Å². The van der Waals surface area contributed by atoms with Crippen LogP contribution in [0.4, 0.5) is 9.59 Å². The zero-order valence-electron chi connectivity index (χ0n) is 22.3. The number of benzene rings is 2. The number of fused-ring (bicyclic) bond motifs is 1. The normalized spacial score (nSPS) is 18.8. The van der Waals surface area contributed by atoms with Crippen LogP contribution in [0.15, 0.2) is 54.6 Å². The molecular weight excluding hydrogens is 464 g/mol. The summed E-state index contributed by atoms with van der Waals surface area (Å²) < 4.78 is 11.1. The second kappa shape index (κ2) is 10.2. The fraction of sp³-hybridized carbons (Fsp3) is 0.484. The lowest BCUT2D eigenvalue weighted by Gasteiger charge is -2.39. The maximum Gasteiger partial charge on any atom is 0.410 e. The van der Waals surface area contributed by atoms with Crippen molar-refractivity contribution in [3.05, 3.63) is 76.9 Å². The van der Waals surface area contributed by atoms with Crippen molar-refractivity contribution in [1.29, 1.82) is 0 Å². The highest BCUT2D eigenvalue weighted by Crippen LogP contribution is 2.45. The number of likely N-dealkylation sites (tertiary alicyclic amines) is 1. The predicted molar refractivity (Wildman–Crippen MR) is 144 cm³/mol. The molecule has 0 radical (unpaired) electrons. The number of carbonyl (C=O) groups excluding carboxylic acids is 2. The number of nitrogens with zero attached hydrogens (tertiary/aromatic N) is 2. The van der Waals surface area contributed by atoms with Gasteiger partial charge in [-0.25, -0.2) is 9.59 Å². The largest absolute Gasteiger partial charge is 0.445 e. The molecule has 5 rings (SSSR count). The van der Waals surface area contributed by atoms with E-state index < -0.39 is 5.60 Å². The van der Waals surface area contributed by atoms with Crippen molar-refractivity contribution in [3.8, 4) is 0 Å². The number of piperidine rings is 1. The van der Waals surface area contributed by atoms with E-state index in [0.29, 0.717) is 19.7 Å². The van der Waals surface area contributed by atoms with Crippen molar-refractivity contribution in [2.45, 2.75) is 65.1 Å². The first-order chi connectivity index (χ1) is 17.7. The Labute approximate surface area is 220 Å². The molecule has 2 heterocycles. The molecule has 1 fully saturated rings. The Kier molecular flexibility index (Phi) is 7.02. The Morgan fingerprint density at radius 3 is 2.30 bits per heavy atom. The summed E-state index contributed by atoms with van der Waals surface area (Å²) in [4.78, 5) is 28.6. The van der Waals surface area contributed by atoms with Gasteiger partial charge >= 0.3 is 12.2 Å². The molecule has 196 valence electrons. The molecule has 6 nitrogen and oxygen atoms in total. The van der Waals surface area contributed by atoms with E-state index >= 15 is 0 Å². The predicted octanol–water partition coefficient (Wildman–Crippen LogP) is 6.23. The van der Waals surface area contributed by atoms with Gasteiger partial charge in [0.1, 0.15) is 12.2 Å². The molecule has 2 aromatic rings. The molecule has 37 heavy (non-hydrogen) atoms. The summed E-state index contributed by atoms with van der Waals surface area (Å²) >= 11 is 0. The first-order valence-corrected chi connectivity index (χ1v) is 13.4. The molecule has 0 unspecified atom stereocenters. The fourth-order valence-electron chi connectivity index (χ4n) is 5.78. The third kappa shape index (κ3) is 6.00. The van der Waals surface area contributed by atoms with Gasteiger partial charge in [0, 0.05) is 26.2 Å². The zero-order chi connectivity index (χ0) is 26.0. The number of rotatable bonds is 3. The first-order valence-electron chi connectivity index (χ1n) is 13.4. The van der Waals surface area contributed by atoms with Gasteiger partial charge in [-0.1, -0.05) is 54.6 Å². The minimum atomic E-state index is -0.459. The highest BCUT2D eigenvalue weighted by Gasteiger charge is 2.41. The van der Waals surface area contributed by atoms with Crippen molar-refractivity contribution >= 4 is 17.8 Å². The Morgan fingerprint density at radius 2 is 1.62 bits per heavy atom. The van der Waals surface area contributed by atoms with Gasteiger partial charge in [0.25, 0.3) is 0 Å². The molecule has 0 bridgehead atoms. The third-order valence-electron chi connectivity index (χ3n) is 7.86. The quantitative estimate of drug-likeness (QED) is 0.499. The first kappa shape index (κ1) is 25.4. The fourth-order valence-corrected chi connectivity index (χ4v) is 5.78. The van der Waals surface area contributed by atoms with Gasteiger partial charge in [0.2, 0.25) is 0 Å². The van der Waals surface area contributed by atoms with Gasteiger partial charge in [-0.15, -0.1) is 0 Å². The molecule has 0 aromatic heterocycles. The van der Waals surface area contributed by atoms with Crippen molar-refractivity contribution < 1.29 is 19.1 Å². The van der Waals surface area contributed by atoms with Gasteiger partial charge in [-0.3, -0.25) is 0 Å². The smallest absolute Gasteiger partial charge is 0.410 e. The van der Waals surface area contributed by atoms with Crippen molar-refractivity contribution in [2.24, 2.45) is 5.41 Å². The van der Waals surface area contributed by atoms with Gasteiger partial charge in [-0.05, 0) is 86.1 Å². The molecule has 6 heteroatoms. The average Bonchev–Trinajstić information content (AvgIpc) is 3.24. The van der Waals surface area contributed by atoms with Crippen molar-refractivity contribution in [3.63, 3.8) is 0 Å². The number of hydrogen-bond acceptors (Lipinski definition) is 4. The number of carbonyl (C=O) groups is 2. The molecule has 2 aliphatic heterocycles. The molecular formula is C31H38N2O4. The van der Waals surface area contributed by atoms with Crippen LogP contribution >= 0.6 is 0 Å². The minimum absolute atomic E-state index is 0.192. The van der Waals surface area contributed by atoms with E-state index in [0.717, 1.165) is 50.8 Å². The molecule has 2 aromatic carbocycles. The van der Waals surface area contributed by atoms with E-state index in [1.54, 1.807) is 4.90 Å². The van der Waals surface area contributed by atoms with Crippen molar-refractivity contribution in [2.75, 3.05) is 26.2 Å². The number of ether oxygens (including phenoxy) is 2. The second-order valence-corrected chi connectivity index (χ2v) is 11.8. The maximum atomic E-state index is 12.5. The average molecular weight is 503 g/mol. The monoisotopic (exact) mass is 502 g/mol. The molecule has 1 spiro atoms.